The van der Waals surface area contributed by atoms with Crippen LogP contribution in [-0.2, 0) is 0 Å². The second-order valence-electron chi connectivity index (χ2n) is 4.11. The molecule has 1 atom stereocenters. The van der Waals surface area contributed by atoms with Crippen LogP contribution in [-0.4, -0.2) is 6.54 Å². The van der Waals surface area contributed by atoms with Crippen LogP contribution in [0.4, 0.5) is 0 Å². The van der Waals surface area contributed by atoms with Crippen molar-refractivity contribution in [3.05, 3.63) is 33.3 Å². The summed E-state index contributed by atoms with van der Waals surface area (Å²) in [6, 6.07) is 5.07. The minimum Gasteiger partial charge on any atom is -0.310 e. The molecule has 1 unspecified atom stereocenters. The average molecular weight is 254 g/mol. The van der Waals surface area contributed by atoms with E-state index < -0.39 is 0 Å². The minimum atomic E-state index is 0.575. The highest BCUT2D eigenvalue weighted by Gasteiger charge is 2.18. The molecule has 14 heavy (non-hydrogen) atoms. The summed E-state index contributed by atoms with van der Waals surface area (Å²) in [5, 5.41) is 3.55. The maximum atomic E-state index is 3.62. The van der Waals surface area contributed by atoms with Gasteiger partial charge in [0.15, 0.2) is 0 Å². The first-order chi connectivity index (χ1) is 6.68. The van der Waals surface area contributed by atoms with Gasteiger partial charge in [-0.3, -0.25) is 0 Å². The van der Waals surface area contributed by atoms with E-state index in [0.29, 0.717) is 6.04 Å². The van der Waals surface area contributed by atoms with E-state index in [4.69, 9.17) is 0 Å². The maximum Gasteiger partial charge on any atom is 0.0323 e. The Bertz CT molecular complexity index is 340. The van der Waals surface area contributed by atoms with E-state index in [1.54, 1.807) is 0 Å². The molecule has 1 N–H and O–H groups in total. The lowest BCUT2D eigenvalue weighted by atomic mass is 9.98. The summed E-state index contributed by atoms with van der Waals surface area (Å²) in [5.41, 5.74) is 4.19. The van der Waals surface area contributed by atoms with E-state index in [2.05, 4.69) is 47.2 Å². The predicted octanol–water partition coefficient (Wildman–Crippen LogP) is 3.49. The SMILES string of the molecule is Cc1cc(Br)c(C)c(C2CCCN2)c1. The molecule has 2 rings (SSSR count). The highest BCUT2D eigenvalue weighted by Crippen LogP contribution is 2.30. The number of aryl methyl sites for hydroxylation is 1. The molecular weight excluding hydrogens is 238 g/mol. The summed E-state index contributed by atoms with van der Waals surface area (Å²) in [7, 11) is 0. The molecule has 1 aliphatic heterocycles. The highest BCUT2D eigenvalue weighted by atomic mass is 79.9. The Morgan fingerprint density at radius 3 is 2.79 bits per heavy atom. The lowest BCUT2D eigenvalue weighted by Crippen LogP contribution is -2.14. The number of nitrogens with one attached hydrogen (secondary N) is 1. The van der Waals surface area contributed by atoms with Gasteiger partial charge in [0.05, 0.1) is 0 Å². The van der Waals surface area contributed by atoms with Gasteiger partial charge in [0, 0.05) is 10.5 Å². The molecule has 2 heteroatoms. The number of hydrogen-bond donors (Lipinski definition) is 1. The normalized spacial score (nSPS) is 21.5. The van der Waals surface area contributed by atoms with Gasteiger partial charge >= 0.3 is 0 Å². The molecule has 1 fully saturated rings. The zero-order valence-electron chi connectivity index (χ0n) is 8.73. The van der Waals surface area contributed by atoms with Crippen LogP contribution in [0.5, 0.6) is 0 Å². The lowest BCUT2D eigenvalue weighted by molar-refractivity contribution is 0.642. The van der Waals surface area contributed by atoms with E-state index >= 15 is 0 Å². The summed E-state index contributed by atoms with van der Waals surface area (Å²) in [6.07, 6.45) is 2.58. The molecule has 0 amide bonds. The van der Waals surface area contributed by atoms with Crippen molar-refractivity contribution in [1.29, 1.82) is 0 Å². The van der Waals surface area contributed by atoms with Crippen molar-refractivity contribution in [2.45, 2.75) is 32.7 Å². The van der Waals surface area contributed by atoms with Crippen molar-refractivity contribution >= 4 is 15.9 Å². The molecule has 0 aromatic heterocycles. The van der Waals surface area contributed by atoms with E-state index in [0.717, 1.165) is 6.54 Å². The van der Waals surface area contributed by atoms with Crippen LogP contribution in [0.15, 0.2) is 16.6 Å². The molecule has 0 spiro atoms. The molecule has 0 radical (unpaired) electrons. The Hall–Kier alpha value is -0.340. The second-order valence-corrected chi connectivity index (χ2v) is 4.96. The summed E-state index contributed by atoms with van der Waals surface area (Å²) in [5.74, 6) is 0. The van der Waals surface area contributed by atoms with Crippen LogP contribution >= 0.6 is 15.9 Å². The molecule has 76 valence electrons. The number of halogens is 1. The largest absolute Gasteiger partial charge is 0.310 e. The van der Waals surface area contributed by atoms with Crippen LogP contribution in [0.3, 0.4) is 0 Å². The first-order valence-electron chi connectivity index (χ1n) is 5.18. The Morgan fingerprint density at radius 2 is 2.14 bits per heavy atom. The van der Waals surface area contributed by atoms with E-state index in [1.165, 1.54) is 34.0 Å². The molecule has 1 saturated heterocycles. The van der Waals surface area contributed by atoms with Crippen molar-refractivity contribution in [3.8, 4) is 0 Å². The maximum absolute atomic E-state index is 3.62. The monoisotopic (exact) mass is 253 g/mol. The number of hydrogen-bond acceptors (Lipinski definition) is 1. The van der Waals surface area contributed by atoms with E-state index in [1.807, 2.05) is 0 Å². The molecule has 1 nitrogen and oxygen atoms in total. The average Bonchev–Trinajstić information content (AvgIpc) is 2.63. The first kappa shape index (κ1) is 10.2. The third-order valence-corrected chi connectivity index (χ3v) is 3.79. The zero-order chi connectivity index (χ0) is 10.1. The fraction of sp³-hybridized carbons (Fsp3) is 0.500. The quantitative estimate of drug-likeness (QED) is 0.808. The summed E-state index contributed by atoms with van der Waals surface area (Å²) >= 11 is 3.62. The third kappa shape index (κ3) is 1.86. The van der Waals surface area contributed by atoms with Crippen molar-refractivity contribution in [3.63, 3.8) is 0 Å². The van der Waals surface area contributed by atoms with Crippen molar-refractivity contribution < 1.29 is 0 Å². The number of benzene rings is 1. The van der Waals surface area contributed by atoms with Gasteiger partial charge in [-0.1, -0.05) is 22.0 Å². The Labute approximate surface area is 94.0 Å². The summed E-state index contributed by atoms with van der Waals surface area (Å²) in [4.78, 5) is 0. The molecule has 1 aromatic rings. The van der Waals surface area contributed by atoms with Crippen molar-refractivity contribution in [2.24, 2.45) is 0 Å². The topological polar surface area (TPSA) is 12.0 Å². The van der Waals surface area contributed by atoms with Gasteiger partial charge in [-0.15, -0.1) is 0 Å². The smallest absolute Gasteiger partial charge is 0.0323 e. The van der Waals surface area contributed by atoms with Crippen LogP contribution in [0.1, 0.15) is 35.6 Å². The minimum absolute atomic E-state index is 0.575. The van der Waals surface area contributed by atoms with Crippen LogP contribution < -0.4 is 5.32 Å². The summed E-state index contributed by atoms with van der Waals surface area (Å²) in [6.45, 7) is 5.51. The van der Waals surface area contributed by atoms with E-state index in [9.17, 15) is 0 Å². The highest BCUT2D eigenvalue weighted by molar-refractivity contribution is 9.10. The molecule has 1 heterocycles. The Kier molecular flexibility index (Phi) is 2.93. The van der Waals surface area contributed by atoms with Crippen LogP contribution in [0, 0.1) is 13.8 Å². The molecule has 1 aromatic carbocycles. The standard InChI is InChI=1S/C12H16BrN/c1-8-6-10(9(2)11(13)7-8)12-4-3-5-14-12/h6-7,12,14H,3-5H2,1-2H3. The lowest BCUT2D eigenvalue weighted by Gasteiger charge is -2.16. The third-order valence-electron chi connectivity index (χ3n) is 2.96. The molecular formula is C12H16BrN. The molecule has 0 bridgehead atoms. The van der Waals surface area contributed by atoms with Gasteiger partial charge in [-0.2, -0.15) is 0 Å². The molecule has 0 saturated carbocycles. The molecule has 0 aliphatic carbocycles. The second kappa shape index (κ2) is 4.03. The Balaban J connectivity index is 2.40. The van der Waals surface area contributed by atoms with Gasteiger partial charge in [-0.05, 0) is 56.0 Å². The van der Waals surface area contributed by atoms with Gasteiger partial charge in [0.2, 0.25) is 0 Å². The fourth-order valence-electron chi connectivity index (χ4n) is 2.15. The van der Waals surface area contributed by atoms with Crippen molar-refractivity contribution in [2.75, 3.05) is 6.54 Å². The van der Waals surface area contributed by atoms with Crippen LogP contribution in [0.25, 0.3) is 0 Å². The predicted molar refractivity (Wildman–Crippen MR) is 63.6 cm³/mol. The van der Waals surface area contributed by atoms with Gasteiger partial charge in [-0.25, -0.2) is 0 Å². The number of rotatable bonds is 1. The Morgan fingerprint density at radius 1 is 1.36 bits per heavy atom. The van der Waals surface area contributed by atoms with E-state index in [-0.39, 0.29) is 0 Å². The van der Waals surface area contributed by atoms with Gasteiger partial charge in [0.1, 0.15) is 0 Å². The first-order valence-corrected chi connectivity index (χ1v) is 5.98. The molecule has 1 aliphatic rings. The fourth-order valence-corrected chi connectivity index (χ4v) is 2.74. The van der Waals surface area contributed by atoms with Crippen molar-refractivity contribution in [1.82, 2.24) is 5.32 Å². The summed E-state index contributed by atoms with van der Waals surface area (Å²) < 4.78 is 1.24. The van der Waals surface area contributed by atoms with Crippen LogP contribution in [0.2, 0.25) is 0 Å². The van der Waals surface area contributed by atoms with Gasteiger partial charge < -0.3 is 5.32 Å². The zero-order valence-corrected chi connectivity index (χ0v) is 10.3. The van der Waals surface area contributed by atoms with Gasteiger partial charge in [0.25, 0.3) is 0 Å².